The molecule has 1 heterocycles. The molecule has 2 rings (SSSR count). The Kier molecular flexibility index (Phi) is 6.83. The van der Waals surface area contributed by atoms with Crippen LogP contribution in [0.25, 0.3) is 0 Å². The van der Waals surface area contributed by atoms with Crippen LogP contribution in [0.4, 0.5) is 0 Å². The van der Waals surface area contributed by atoms with Crippen LogP contribution >= 0.6 is 0 Å². The van der Waals surface area contributed by atoms with Gasteiger partial charge in [-0.3, -0.25) is 9.69 Å². The van der Waals surface area contributed by atoms with Gasteiger partial charge in [0, 0.05) is 39.3 Å². The van der Waals surface area contributed by atoms with E-state index >= 15 is 0 Å². The number of piperazine rings is 1. The highest BCUT2D eigenvalue weighted by molar-refractivity contribution is 5.97. The van der Waals surface area contributed by atoms with E-state index in [1.54, 1.807) is 19.2 Å². The van der Waals surface area contributed by atoms with E-state index in [0.29, 0.717) is 44.2 Å². The second kappa shape index (κ2) is 8.86. The van der Waals surface area contributed by atoms with Crippen LogP contribution in [-0.4, -0.2) is 80.0 Å². The minimum Gasteiger partial charge on any atom is -0.496 e. The molecule has 23 heavy (non-hydrogen) atoms. The van der Waals surface area contributed by atoms with Crippen molar-refractivity contribution in [3.63, 3.8) is 0 Å². The van der Waals surface area contributed by atoms with Crippen LogP contribution in [0, 0.1) is 0 Å². The lowest BCUT2D eigenvalue weighted by atomic mass is 10.1. The summed E-state index contributed by atoms with van der Waals surface area (Å²) >= 11 is 0. The van der Waals surface area contributed by atoms with Crippen LogP contribution < -0.4 is 4.74 Å². The second-order valence-electron chi connectivity index (χ2n) is 5.61. The topological polar surface area (TPSA) is 62.2 Å². The average molecular weight is 322 g/mol. The minimum absolute atomic E-state index is 0.00281. The molecule has 0 aromatic heterocycles. The fraction of sp³-hybridized carbons (Fsp3) is 0.588. The Morgan fingerprint density at radius 1 is 1.26 bits per heavy atom. The van der Waals surface area contributed by atoms with Gasteiger partial charge in [-0.05, 0) is 19.1 Å². The number of hydrogen-bond acceptors (Lipinski definition) is 5. The summed E-state index contributed by atoms with van der Waals surface area (Å²) in [4.78, 5) is 16.6. The Hall–Kier alpha value is -1.63. The van der Waals surface area contributed by atoms with Crippen molar-refractivity contribution in [1.82, 2.24) is 9.80 Å². The first-order chi connectivity index (χ1) is 11.2. The number of β-amino-alcohol motifs (C(OH)–C–C–N with tert-alkyl or cyclic N) is 1. The fourth-order valence-corrected chi connectivity index (χ4v) is 2.73. The lowest BCUT2D eigenvalue weighted by molar-refractivity contribution is 0.0111. The number of aliphatic hydroxyl groups excluding tert-OH is 1. The molecule has 0 radical (unpaired) electrons. The predicted molar refractivity (Wildman–Crippen MR) is 87.8 cm³/mol. The summed E-state index contributed by atoms with van der Waals surface area (Å²) in [6.45, 7) is 6.27. The van der Waals surface area contributed by atoms with Gasteiger partial charge in [0.05, 0.1) is 25.4 Å². The molecule has 1 unspecified atom stereocenters. The average Bonchev–Trinajstić information content (AvgIpc) is 2.60. The summed E-state index contributed by atoms with van der Waals surface area (Å²) in [6, 6.07) is 7.29. The monoisotopic (exact) mass is 322 g/mol. The minimum atomic E-state index is -0.480. The molecule has 0 saturated carbocycles. The number of amides is 1. The van der Waals surface area contributed by atoms with Gasteiger partial charge in [-0.1, -0.05) is 12.1 Å². The Labute approximate surface area is 137 Å². The molecule has 1 atom stereocenters. The van der Waals surface area contributed by atoms with Gasteiger partial charge < -0.3 is 19.5 Å². The molecule has 1 aliphatic heterocycles. The number of nitrogens with zero attached hydrogens (tertiary/aromatic N) is 2. The number of benzene rings is 1. The maximum atomic E-state index is 12.6. The molecule has 1 N–H and O–H groups in total. The standard InChI is InChI=1S/C17H26N2O4/c1-3-23-13-14(20)12-18-8-10-19(11-9-18)17(21)15-6-4-5-7-16(15)22-2/h4-7,14,20H,3,8-13H2,1-2H3. The van der Waals surface area contributed by atoms with E-state index in [1.807, 2.05) is 24.0 Å². The number of methoxy groups -OCH3 is 1. The van der Waals surface area contributed by atoms with Crippen LogP contribution in [0.1, 0.15) is 17.3 Å². The molecule has 0 bridgehead atoms. The molecule has 1 saturated heterocycles. The molecule has 0 aliphatic carbocycles. The van der Waals surface area contributed by atoms with Crippen LogP contribution in [0.2, 0.25) is 0 Å². The first-order valence-corrected chi connectivity index (χ1v) is 8.06. The van der Waals surface area contributed by atoms with Gasteiger partial charge >= 0.3 is 0 Å². The van der Waals surface area contributed by atoms with E-state index in [2.05, 4.69) is 4.90 Å². The molecule has 0 spiro atoms. The van der Waals surface area contributed by atoms with E-state index < -0.39 is 6.10 Å². The maximum Gasteiger partial charge on any atom is 0.257 e. The number of para-hydroxylation sites is 1. The highest BCUT2D eigenvalue weighted by atomic mass is 16.5. The number of carbonyl (C=O) groups excluding carboxylic acids is 1. The van der Waals surface area contributed by atoms with Crippen molar-refractivity contribution in [3.05, 3.63) is 29.8 Å². The zero-order valence-electron chi connectivity index (χ0n) is 13.9. The van der Waals surface area contributed by atoms with Gasteiger partial charge in [0.25, 0.3) is 5.91 Å². The smallest absolute Gasteiger partial charge is 0.257 e. The van der Waals surface area contributed by atoms with Gasteiger partial charge in [0.2, 0.25) is 0 Å². The normalized spacial score (nSPS) is 17.1. The molecule has 6 heteroatoms. The van der Waals surface area contributed by atoms with Gasteiger partial charge in [0.1, 0.15) is 5.75 Å². The van der Waals surface area contributed by atoms with Gasteiger partial charge in [-0.25, -0.2) is 0 Å². The number of ether oxygens (including phenoxy) is 2. The van der Waals surface area contributed by atoms with Crippen molar-refractivity contribution in [3.8, 4) is 5.75 Å². The van der Waals surface area contributed by atoms with Crippen LogP contribution in [0.3, 0.4) is 0 Å². The lowest BCUT2D eigenvalue weighted by Crippen LogP contribution is -2.50. The second-order valence-corrected chi connectivity index (χ2v) is 5.61. The van der Waals surface area contributed by atoms with Crippen LogP contribution in [0.15, 0.2) is 24.3 Å². The first-order valence-electron chi connectivity index (χ1n) is 8.06. The predicted octanol–water partition coefficient (Wildman–Crippen LogP) is 0.850. The van der Waals surface area contributed by atoms with Gasteiger partial charge in [0.15, 0.2) is 0 Å². The van der Waals surface area contributed by atoms with Crippen molar-refractivity contribution in [1.29, 1.82) is 0 Å². The Morgan fingerprint density at radius 2 is 1.96 bits per heavy atom. The summed E-state index contributed by atoms with van der Waals surface area (Å²) in [5.74, 6) is 0.601. The lowest BCUT2D eigenvalue weighted by Gasteiger charge is -2.35. The summed E-state index contributed by atoms with van der Waals surface area (Å²) in [5.41, 5.74) is 0.597. The fourth-order valence-electron chi connectivity index (χ4n) is 2.73. The molecular weight excluding hydrogens is 296 g/mol. The van der Waals surface area contributed by atoms with E-state index in [-0.39, 0.29) is 5.91 Å². The zero-order chi connectivity index (χ0) is 16.7. The molecular formula is C17H26N2O4. The summed E-state index contributed by atoms with van der Waals surface area (Å²) in [6.07, 6.45) is -0.480. The van der Waals surface area contributed by atoms with Crippen molar-refractivity contribution >= 4 is 5.91 Å². The number of aliphatic hydroxyl groups is 1. The van der Waals surface area contributed by atoms with Crippen LogP contribution in [-0.2, 0) is 4.74 Å². The van der Waals surface area contributed by atoms with E-state index in [9.17, 15) is 9.90 Å². The Bertz CT molecular complexity index is 501. The van der Waals surface area contributed by atoms with Crippen molar-refractivity contribution < 1.29 is 19.4 Å². The molecule has 128 valence electrons. The van der Waals surface area contributed by atoms with Gasteiger partial charge in [-0.15, -0.1) is 0 Å². The number of hydrogen-bond donors (Lipinski definition) is 1. The summed E-state index contributed by atoms with van der Waals surface area (Å²) in [5, 5.41) is 9.89. The number of rotatable bonds is 7. The van der Waals surface area contributed by atoms with Gasteiger partial charge in [-0.2, -0.15) is 0 Å². The third-order valence-electron chi connectivity index (χ3n) is 3.98. The molecule has 1 aromatic rings. The molecule has 1 fully saturated rings. The molecule has 1 amide bonds. The van der Waals surface area contributed by atoms with Crippen molar-refractivity contribution in [2.45, 2.75) is 13.0 Å². The van der Waals surface area contributed by atoms with E-state index in [4.69, 9.17) is 9.47 Å². The van der Waals surface area contributed by atoms with Crippen molar-refractivity contribution in [2.24, 2.45) is 0 Å². The van der Waals surface area contributed by atoms with Crippen LogP contribution in [0.5, 0.6) is 5.75 Å². The number of carbonyl (C=O) groups is 1. The highest BCUT2D eigenvalue weighted by Crippen LogP contribution is 2.20. The highest BCUT2D eigenvalue weighted by Gasteiger charge is 2.24. The quantitative estimate of drug-likeness (QED) is 0.806. The third kappa shape index (κ3) is 4.92. The molecule has 6 nitrogen and oxygen atoms in total. The maximum absolute atomic E-state index is 12.6. The Morgan fingerprint density at radius 3 is 2.61 bits per heavy atom. The van der Waals surface area contributed by atoms with Crippen molar-refractivity contribution in [2.75, 3.05) is 53.0 Å². The molecule has 1 aromatic carbocycles. The largest absolute Gasteiger partial charge is 0.496 e. The zero-order valence-corrected chi connectivity index (χ0v) is 13.9. The summed E-state index contributed by atoms with van der Waals surface area (Å²) in [7, 11) is 1.57. The first kappa shape index (κ1) is 17.7. The van der Waals surface area contributed by atoms with E-state index in [1.165, 1.54) is 0 Å². The molecule has 1 aliphatic rings. The summed E-state index contributed by atoms with van der Waals surface area (Å²) < 4.78 is 10.5. The third-order valence-corrected chi connectivity index (χ3v) is 3.98. The SMILES string of the molecule is CCOCC(O)CN1CCN(C(=O)c2ccccc2OC)CC1. The Balaban J connectivity index is 1.85. The van der Waals surface area contributed by atoms with E-state index in [0.717, 1.165) is 13.1 Å².